The van der Waals surface area contributed by atoms with Gasteiger partial charge in [-0.2, -0.15) is 0 Å². The van der Waals surface area contributed by atoms with Crippen molar-refractivity contribution in [3.8, 4) is 33.6 Å². The first-order valence-electron chi connectivity index (χ1n) is 15.7. The lowest BCUT2D eigenvalue weighted by atomic mass is 9.85. The van der Waals surface area contributed by atoms with Gasteiger partial charge in [0, 0.05) is 21.9 Å². The Morgan fingerprint density at radius 3 is 1.67 bits per heavy atom. The van der Waals surface area contributed by atoms with Gasteiger partial charge in [0.15, 0.2) is 0 Å². The largest absolute Gasteiger partial charge is 0.456 e. The molecule has 0 saturated carbocycles. The summed E-state index contributed by atoms with van der Waals surface area (Å²) in [6.07, 6.45) is 0. The third kappa shape index (κ3) is 3.59. The summed E-state index contributed by atoms with van der Waals surface area (Å²) in [5.41, 5.74) is 8.30. The normalized spacial score (nSPS) is 11.9. The monoisotopic (exact) mass is 586 g/mol. The van der Waals surface area contributed by atoms with Crippen LogP contribution < -0.4 is 0 Å². The van der Waals surface area contributed by atoms with Crippen LogP contribution in [-0.2, 0) is 0 Å². The van der Waals surface area contributed by atoms with Crippen LogP contribution in [0.3, 0.4) is 0 Å². The molecule has 0 bridgehead atoms. The van der Waals surface area contributed by atoms with Crippen LogP contribution >= 0.6 is 0 Å². The maximum atomic E-state index is 7.18. The molecule has 0 unspecified atom stereocenters. The lowest BCUT2D eigenvalue weighted by Gasteiger charge is -2.17. The summed E-state index contributed by atoms with van der Waals surface area (Å²) in [5, 5.41) is 10.3. The molecule has 2 aromatic heterocycles. The number of fused-ring (bicyclic) bond motifs is 8. The van der Waals surface area contributed by atoms with Crippen molar-refractivity contribution < 1.29 is 8.83 Å². The Morgan fingerprint density at radius 2 is 0.935 bits per heavy atom. The quantitative estimate of drug-likeness (QED) is 0.193. The summed E-state index contributed by atoms with van der Waals surface area (Å²) in [5.74, 6) is 0.872. The van der Waals surface area contributed by atoms with Gasteiger partial charge in [-0.25, -0.2) is 0 Å². The number of hydrogen-bond donors (Lipinski definition) is 0. The molecule has 0 aliphatic rings. The molecule has 0 atom stereocenters. The second-order valence-corrected chi connectivity index (χ2v) is 12.0. The molecular formula is C44H26O2. The Hall–Kier alpha value is -6.12. The molecule has 2 nitrogen and oxygen atoms in total. The van der Waals surface area contributed by atoms with Gasteiger partial charge >= 0.3 is 0 Å². The van der Waals surface area contributed by atoms with Crippen LogP contribution in [0.2, 0.25) is 0 Å². The average molecular weight is 587 g/mol. The lowest BCUT2D eigenvalue weighted by Crippen LogP contribution is -1.91. The summed E-state index contributed by atoms with van der Waals surface area (Å²) in [7, 11) is 0. The molecule has 0 aliphatic heterocycles. The van der Waals surface area contributed by atoms with Gasteiger partial charge in [-0.05, 0) is 73.3 Å². The zero-order valence-corrected chi connectivity index (χ0v) is 24.8. The lowest BCUT2D eigenvalue weighted by molar-refractivity contribution is 0.636. The fraction of sp³-hybridized carbons (Fsp3) is 0. The molecule has 0 fully saturated rings. The minimum atomic E-state index is 0.829. The topological polar surface area (TPSA) is 26.3 Å². The molecule has 46 heavy (non-hydrogen) atoms. The maximum Gasteiger partial charge on any atom is 0.147 e. The van der Waals surface area contributed by atoms with Crippen LogP contribution in [0.1, 0.15) is 0 Å². The predicted molar refractivity (Wildman–Crippen MR) is 192 cm³/mol. The first-order chi connectivity index (χ1) is 22.8. The van der Waals surface area contributed by atoms with E-state index in [1.807, 2.05) is 12.1 Å². The third-order valence-electron chi connectivity index (χ3n) is 9.46. The zero-order chi connectivity index (χ0) is 30.2. The molecule has 8 aromatic carbocycles. The van der Waals surface area contributed by atoms with Crippen LogP contribution in [0.4, 0.5) is 0 Å². The zero-order valence-electron chi connectivity index (χ0n) is 24.8. The highest BCUT2D eigenvalue weighted by Gasteiger charge is 2.26. The van der Waals surface area contributed by atoms with Crippen molar-refractivity contribution in [2.75, 3.05) is 0 Å². The van der Waals surface area contributed by atoms with Crippen LogP contribution in [0.15, 0.2) is 167 Å². The molecule has 2 heteroatoms. The second kappa shape index (κ2) is 9.69. The van der Waals surface area contributed by atoms with Gasteiger partial charge in [-0.3, -0.25) is 0 Å². The van der Waals surface area contributed by atoms with Crippen LogP contribution in [0.25, 0.3) is 98.8 Å². The van der Waals surface area contributed by atoms with Gasteiger partial charge in [-0.15, -0.1) is 0 Å². The number of hydrogen-bond acceptors (Lipinski definition) is 2. The van der Waals surface area contributed by atoms with Crippen molar-refractivity contribution in [3.05, 3.63) is 158 Å². The van der Waals surface area contributed by atoms with E-state index in [1.165, 1.54) is 32.7 Å². The van der Waals surface area contributed by atoms with Crippen LogP contribution in [-0.4, -0.2) is 0 Å². The van der Waals surface area contributed by atoms with Crippen molar-refractivity contribution in [2.45, 2.75) is 0 Å². The first kappa shape index (κ1) is 25.2. The molecule has 0 amide bonds. The highest BCUT2D eigenvalue weighted by molar-refractivity contribution is 6.25. The van der Waals surface area contributed by atoms with Gasteiger partial charge in [0.1, 0.15) is 22.5 Å². The Bertz CT molecular complexity index is 2740. The van der Waals surface area contributed by atoms with E-state index in [-0.39, 0.29) is 0 Å². The van der Waals surface area contributed by atoms with E-state index in [1.54, 1.807) is 0 Å². The molecule has 2 heterocycles. The fourth-order valence-corrected chi connectivity index (χ4v) is 7.46. The summed E-state index contributed by atoms with van der Waals surface area (Å²) < 4.78 is 13.5. The molecule has 10 aromatic rings. The first-order valence-corrected chi connectivity index (χ1v) is 15.7. The average Bonchev–Trinajstić information content (AvgIpc) is 3.69. The Balaban J connectivity index is 1.38. The second-order valence-electron chi connectivity index (χ2n) is 12.0. The van der Waals surface area contributed by atoms with Gasteiger partial charge in [0.2, 0.25) is 0 Å². The SMILES string of the molecule is c1ccc(-c2c(-c3c4ccccc4c(-c4ccc5ccccc5c4)c4ccccc34)oc3c2ccc2oc4ccccc4c23)cc1. The summed E-state index contributed by atoms with van der Waals surface area (Å²) >= 11 is 0. The third-order valence-corrected chi connectivity index (χ3v) is 9.46. The van der Waals surface area contributed by atoms with E-state index in [2.05, 4.69) is 146 Å². The van der Waals surface area contributed by atoms with E-state index in [9.17, 15) is 0 Å². The Morgan fingerprint density at radius 1 is 0.326 bits per heavy atom. The van der Waals surface area contributed by atoms with Crippen LogP contribution in [0.5, 0.6) is 0 Å². The minimum Gasteiger partial charge on any atom is -0.456 e. The highest BCUT2D eigenvalue weighted by atomic mass is 16.3. The smallest absolute Gasteiger partial charge is 0.147 e. The predicted octanol–water partition coefficient (Wildman–Crippen LogP) is 12.8. The molecule has 0 aliphatic carbocycles. The fourth-order valence-electron chi connectivity index (χ4n) is 7.46. The summed E-state index contributed by atoms with van der Waals surface area (Å²) in [4.78, 5) is 0. The van der Waals surface area contributed by atoms with Crippen molar-refractivity contribution in [1.82, 2.24) is 0 Å². The maximum absolute atomic E-state index is 7.18. The molecule has 0 saturated heterocycles. The van der Waals surface area contributed by atoms with Crippen molar-refractivity contribution in [1.29, 1.82) is 0 Å². The summed E-state index contributed by atoms with van der Waals surface area (Å²) in [6.45, 7) is 0. The van der Waals surface area contributed by atoms with Crippen molar-refractivity contribution >= 4 is 65.2 Å². The van der Waals surface area contributed by atoms with E-state index >= 15 is 0 Å². The molecule has 0 N–H and O–H groups in total. The van der Waals surface area contributed by atoms with E-state index in [0.29, 0.717) is 0 Å². The Labute approximate surface area is 264 Å². The summed E-state index contributed by atoms with van der Waals surface area (Å²) in [6, 6.07) is 56.0. The number of benzene rings is 8. The van der Waals surface area contributed by atoms with Gasteiger partial charge in [-0.1, -0.05) is 133 Å². The van der Waals surface area contributed by atoms with E-state index in [0.717, 1.165) is 66.1 Å². The minimum absolute atomic E-state index is 0.829. The molecular weight excluding hydrogens is 560 g/mol. The molecule has 0 radical (unpaired) electrons. The van der Waals surface area contributed by atoms with E-state index < -0.39 is 0 Å². The highest BCUT2D eigenvalue weighted by Crippen LogP contribution is 2.50. The molecule has 10 rings (SSSR count). The number of para-hydroxylation sites is 1. The van der Waals surface area contributed by atoms with Crippen molar-refractivity contribution in [2.24, 2.45) is 0 Å². The van der Waals surface area contributed by atoms with E-state index in [4.69, 9.17) is 8.83 Å². The number of rotatable bonds is 3. The number of furan rings is 2. The van der Waals surface area contributed by atoms with Crippen molar-refractivity contribution in [3.63, 3.8) is 0 Å². The molecule has 0 spiro atoms. The van der Waals surface area contributed by atoms with Gasteiger partial charge in [0.25, 0.3) is 0 Å². The van der Waals surface area contributed by atoms with Gasteiger partial charge < -0.3 is 8.83 Å². The Kier molecular flexibility index (Phi) is 5.31. The van der Waals surface area contributed by atoms with Gasteiger partial charge in [0.05, 0.1) is 5.39 Å². The molecule has 214 valence electrons. The standard InChI is InChI=1S/C44H26O2/c1-2-13-28(14-3-1)40-36-24-25-38-42(35-20-10-11-21-37(35)45-38)43(36)46-44(40)41-33-18-8-6-16-31(33)39(32-17-7-9-19-34(32)41)30-23-22-27-12-4-5-15-29(27)26-30/h1-26H. The van der Waals surface area contributed by atoms with Crippen LogP contribution in [0, 0.1) is 0 Å².